The van der Waals surface area contributed by atoms with Crippen LogP contribution >= 0.6 is 0 Å². The summed E-state index contributed by atoms with van der Waals surface area (Å²) >= 11 is 0. The molecule has 0 aliphatic carbocycles. The Morgan fingerprint density at radius 3 is 2.23 bits per heavy atom. The number of hydrogen-bond donors (Lipinski definition) is 1. The number of alkyl halides is 3. The number of halogens is 3. The molecule has 0 aliphatic rings. The third-order valence-electron chi connectivity index (χ3n) is 1.52. The van der Waals surface area contributed by atoms with Crippen LogP contribution in [0.4, 0.5) is 13.2 Å². The molecule has 0 saturated heterocycles. The Morgan fingerprint density at radius 2 is 2.00 bits per heavy atom. The van der Waals surface area contributed by atoms with E-state index in [2.05, 4.69) is 4.74 Å². The van der Waals surface area contributed by atoms with Gasteiger partial charge in [0, 0.05) is 0 Å². The minimum absolute atomic E-state index is 0.135. The smallest absolute Gasteiger partial charge is 0.367 e. The van der Waals surface area contributed by atoms with Crippen LogP contribution in [0.3, 0.4) is 0 Å². The van der Waals surface area contributed by atoms with Crippen molar-refractivity contribution in [2.24, 2.45) is 5.73 Å². The maximum Gasteiger partial charge on any atom is 0.414 e. The summed E-state index contributed by atoms with van der Waals surface area (Å²) in [6.07, 6.45) is -7.46. The summed E-state index contributed by atoms with van der Waals surface area (Å²) in [4.78, 5) is 10.5. The quantitative estimate of drug-likeness (QED) is 0.740. The van der Waals surface area contributed by atoms with Crippen LogP contribution in [0.25, 0.3) is 0 Å². The predicted molar refractivity (Wildman–Crippen MR) is 39.9 cm³/mol. The monoisotopic (exact) mass is 199 g/mol. The number of ether oxygens (including phenoxy) is 1. The molecule has 0 aromatic rings. The van der Waals surface area contributed by atoms with E-state index in [-0.39, 0.29) is 6.42 Å². The molecule has 2 atom stereocenters. The van der Waals surface area contributed by atoms with Crippen molar-refractivity contribution in [2.75, 3.05) is 0 Å². The fraction of sp³-hybridized carbons (Fsp3) is 0.857. The zero-order chi connectivity index (χ0) is 10.6. The molecular formula is C7H12F3NO2. The van der Waals surface area contributed by atoms with Crippen molar-refractivity contribution in [2.45, 2.75) is 38.7 Å². The number of amides is 1. The summed E-state index contributed by atoms with van der Waals surface area (Å²) in [6.45, 7) is 2.37. The van der Waals surface area contributed by atoms with Gasteiger partial charge < -0.3 is 10.5 Å². The lowest BCUT2D eigenvalue weighted by molar-refractivity contribution is -0.225. The molecule has 0 spiro atoms. The first kappa shape index (κ1) is 12.2. The number of hydrogen-bond acceptors (Lipinski definition) is 2. The number of nitrogens with two attached hydrogens (primary N) is 1. The maximum atomic E-state index is 11.9. The fourth-order valence-corrected chi connectivity index (χ4v) is 0.688. The molecule has 0 aromatic heterocycles. The van der Waals surface area contributed by atoms with E-state index in [1.807, 2.05) is 0 Å². The van der Waals surface area contributed by atoms with E-state index >= 15 is 0 Å². The maximum absolute atomic E-state index is 11.9. The van der Waals surface area contributed by atoms with Gasteiger partial charge in [-0.25, -0.2) is 0 Å². The van der Waals surface area contributed by atoms with Gasteiger partial charge in [-0.05, 0) is 13.3 Å². The van der Waals surface area contributed by atoms with Crippen molar-refractivity contribution < 1.29 is 22.7 Å². The largest absolute Gasteiger partial charge is 0.414 e. The second-order valence-electron chi connectivity index (χ2n) is 2.62. The van der Waals surface area contributed by atoms with Crippen LogP contribution < -0.4 is 5.73 Å². The second-order valence-corrected chi connectivity index (χ2v) is 2.62. The van der Waals surface area contributed by atoms with Crippen molar-refractivity contribution in [1.29, 1.82) is 0 Å². The minimum Gasteiger partial charge on any atom is -0.367 e. The molecule has 0 aromatic carbocycles. The Bertz CT molecular complexity index is 181. The Hall–Kier alpha value is -0.780. The van der Waals surface area contributed by atoms with Crippen LogP contribution in [-0.4, -0.2) is 24.3 Å². The number of carbonyl (C=O) groups is 1. The first-order valence-corrected chi connectivity index (χ1v) is 3.80. The highest BCUT2D eigenvalue weighted by molar-refractivity contribution is 5.78. The lowest BCUT2D eigenvalue weighted by Crippen LogP contribution is -2.38. The number of primary amides is 1. The molecule has 0 aliphatic heterocycles. The van der Waals surface area contributed by atoms with Gasteiger partial charge in [-0.2, -0.15) is 13.2 Å². The van der Waals surface area contributed by atoms with Gasteiger partial charge in [-0.3, -0.25) is 4.79 Å². The van der Waals surface area contributed by atoms with E-state index in [1.165, 1.54) is 6.92 Å². The molecule has 0 fully saturated rings. The first-order valence-electron chi connectivity index (χ1n) is 3.80. The van der Waals surface area contributed by atoms with Crippen molar-refractivity contribution in [3.63, 3.8) is 0 Å². The van der Waals surface area contributed by atoms with Crippen LogP contribution in [0.1, 0.15) is 20.3 Å². The zero-order valence-electron chi connectivity index (χ0n) is 7.39. The number of rotatable bonds is 4. The molecular weight excluding hydrogens is 187 g/mol. The standard InChI is InChI=1S/C7H12F3NO2/c1-3-5(6(11)12)13-4(2)7(8,9)10/h4-5H,3H2,1-2H3,(H2,11,12). The third kappa shape index (κ3) is 4.12. The van der Waals surface area contributed by atoms with Gasteiger partial charge in [0.15, 0.2) is 6.10 Å². The molecule has 3 nitrogen and oxygen atoms in total. The molecule has 0 saturated carbocycles. The molecule has 1 amide bonds. The molecule has 0 heterocycles. The summed E-state index contributed by atoms with van der Waals surface area (Å²) in [5.74, 6) is -0.876. The summed E-state index contributed by atoms with van der Waals surface area (Å²) in [5.41, 5.74) is 4.81. The highest BCUT2D eigenvalue weighted by Crippen LogP contribution is 2.23. The SMILES string of the molecule is CCC(OC(C)C(F)(F)F)C(N)=O. The molecule has 6 heteroatoms. The van der Waals surface area contributed by atoms with Gasteiger partial charge >= 0.3 is 6.18 Å². The average Bonchev–Trinajstić information content (AvgIpc) is 1.96. The topological polar surface area (TPSA) is 52.3 Å². The predicted octanol–water partition coefficient (Wildman–Crippen LogP) is 1.22. The van der Waals surface area contributed by atoms with Crippen LogP contribution in [0.5, 0.6) is 0 Å². The molecule has 78 valence electrons. The van der Waals surface area contributed by atoms with Crippen molar-refractivity contribution in [1.82, 2.24) is 0 Å². The zero-order valence-corrected chi connectivity index (χ0v) is 7.39. The average molecular weight is 199 g/mol. The van der Waals surface area contributed by atoms with Gasteiger partial charge in [0.2, 0.25) is 5.91 Å². The summed E-state index contributed by atoms with van der Waals surface area (Å²) in [6, 6.07) is 0. The Labute approximate surface area is 74.0 Å². The number of carbonyl (C=O) groups excluding carboxylic acids is 1. The highest BCUT2D eigenvalue weighted by Gasteiger charge is 2.39. The molecule has 2 unspecified atom stereocenters. The van der Waals surface area contributed by atoms with Crippen LogP contribution in [-0.2, 0) is 9.53 Å². The third-order valence-corrected chi connectivity index (χ3v) is 1.52. The summed E-state index contributed by atoms with van der Waals surface area (Å²) in [5, 5.41) is 0. The molecule has 0 rings (SSSR count). The summed E-state index contributed by atoms with van der Waals surface area (Å²) in [7, 11) is 0. The second kappa shape index (κ2) is 4.45. The van der Waals surface area contributed by atoms with E-state index in [0.717, 1.165) is 6.92 Å². The van der Waals surface area contributed by atoms with E-state index < -0.39 is 24.3 Å². The van der Waals surface area contributed by atoms with Gasteiger partial charge in [0.1, 0.15) is 6.10 Å². The van der Waals surface area contributed by atoms with Gasteiger partial charge in [-0.15, -0.1) is 0 Å². The van der Waals surface area contributed by atoms with Crippen LogP contribution in [0.15, 0.2) is 0 Å². The summed E-state index contributed by atoms with van der Waals surface area (Å²) < 4.78 is 40.2. The van der Waals surface area contributed by atoms with Crippen LogP contribution in [0.2, 0.25) is 0 Å². The van der Waals surface area contributed by atoms with E-state index in [1.54, 1.807) is 0 Å². The lowest BCUT2D eigenvalue weighted by Gasteiger charge is -2.20. The van der Waals surface area contributed by atoms with Gasteiger partial charge in [-0.1, -0.05) is 6.92 Å². The van der Waals surface area contributed by atoms with Crippen LogP contribution in [0, 0.1) is 0 Å². The van der Waals surface area contributed by atoms with Gasteiger partial charge in [0.25, 0.3) is 0 Å². The van der Waals surface area contributed by atoms with Crippen molar-refractivity contribution in [3.8, 4) is 0 Å². The van der Waals surface area contributed by atoms with E-state index in [4.69, 9.17) is 5.73 Å². The Kier molecular flexibility index (Phi) is 4.19. The van der Waals surface area contributed by atoms with Crippen molar-refractivity contribution >= 4 is 5.91 Å². The Balaban J connectivity index is 4.17. The molecule has 0 radical (unpaired) electrons. The van der Waals surface area contributed by atoms with Gasteiger partial charge in [0.05, 0.1) is 0 Å². The lowest BCUT2D eigenvalue weighted by atomic mass is 10.2. The molecule has 13 heavy (non-hydrogen) atoms. The Morgan fingerprint density at radius 1 is 1.54 bits per heavy atom. The molecule has 0 bridgehead atoms. The highest BCUT2D eigenvalue weighted by atomic mass is 19.4. The first-order chi connectivity index (χ1) is 5.79. The van der Waals surface area contributed by atoms with E-state index in [0.29, 0.717) is 0 Å². The minimum atomic E-state index is -4.46. The van der Waals surface area contributed by atoms with Crippen molar-refractivity contribution in [3.05, 3.63) is 0 Å². The normalized spacial score (nSPS) is 16.7. The molecule has 2 N–H and O–H groups in total. The van der Waals surface area contributed by atoms with E-state index in [9.17, 15) is 18.0 Å². The fourth-order valence-electron chi connectivity index (χ4n) is 0.688.